The Balaban J connectivity index is 1.94. The molecule has 0 radical (unpaired) electrons. The molecule has 0 bridgehead atoms. The fraction of sp³-hybridized carbons (Fsp3) is 0.333. The average molecular weight is 431 g/mol. The van der Waals surface area contributed by atoms with Gasteiger partial charge >= 0.3 is 5.97 Å². The van der Waals surface area contributed by atoms with E-state index < -0.39 is 0 Å². The number of carbonyl (C=O) groups excluding carboxylic acids is 2. The average Bonchev–Trinajstić information content (AvgIpc) is 2.66. The maximum atomic E-state index is 13.2. The summed E-state index contributed by atoms with van der Waals surface area (Å²) in [6.45, 7) is 5.11. The van der Waals surface area contributed by atoms with Gasteiger partial charge in [-0.3, -0.25) is 9.59 Å². The van der Waals surface area contributed by atoms with E-state index in [1.807, 2.05) is 37.4 Å². The van der Waals surface area contributed by atoms with E-state index in [2.05, 4.69) is 33.8 Å². The van der Waals surface area contributed by atoms with Crippen molar-refractivity contribution in [2.45, 2.75) is 26.9 Å². The van der Waals surface area contributed by atoms with Crippen LogP contribution in [0.1, 0.15) is 35.3 Å². The zero-order valence-electron chi connectivity index (χ0n) is 15.8. The summed E-state index contributed by atoms with van der Waals surface area (Å²) in [7, 11) is 2.04. The van der Waals surface area contributed by atoms with Crippen LogP contribution in [0.5, 0.6) is 0 Å². The molecule has 0 spiro atoms. The van der Waals surface area contributed by atoms with Crippen molar-refractivity contribution in [2.24, 2.45) is 0 Å². The molecule has 0 saturated heterocycles. The minimum atomic E-state index is -0.348. The van der Waals surface area contributed by atoms with E-state index in [0.29, 0.717) is 6.54 Å². The Morgan fingerprint density at radius 3 is 2.78 bits per heavy atom. The fourth-order valence-corrected chi connectivity index (χ4v) is 3.71. The van der Waals surface area contributed by atoms with Gasteiger partial charge in [0.2, 0.25) is 0 Å². The first-order valence-electron chi connectivity index (χ1n) is 8.99. The molecule has 0 unspecified atom stereocenters. The Morgan fingerprint density at radius 1 is 1.30 bits per heavy atom. The number of anilines is 2. The van der Waals surface area contributed by atoms with Gasteiger partial charge < -0.3 is 14.5 Å². The quantitative estimate of drug-likeness (QED) is 0.667. The first-order chi connectivity index (χ1) is 12.9. The molecule has 27 heavy (non-hydrogen) atoms. The number of esters is 1. The Hall–Kier alpha value is -2.34. The minimum absolute atomic E-state index is 0.0240. The SMILES string of the molecule is CCN(C)c1ccc2c(c1)CCN(c1cccc(Br)c1COC(C)=O)C2=O. The normalized spacial score (nSPS) is 13.3. The van der Waals surface area contributed by atoms with Gasteiger partial charge in [-0.15, -0.1) is 0 Å². The van der Waals surface area contributed by atoms with Crippen LogP contribution in [0.25, 0.3) is 0 Å². The monoisotopic (exact) mass is 430 g/mol. The Kier molecular flexibility index (Phi) is 5.85. The van der Waals surface area contributed by atoms with Crippen molar-refractivity contribution in [2.75, 3.05) is 29.9 Å². The number of halogens is 1. The summed E-state index contributed by atoms with van der Waals surface area (Å²) < 4.78 is 6.01. The van der Waals surface area contributed by atoms with E-state index >= 15 is 0 Å². The number of fused-ring (bicyclic) bond motifs is 1. The van der Waals surface area contributed by atoms with Gasteiger partial charge in [-0.2, -0.15) is 0 Å². The Labute approximate surface area is 168 Å². The lowest BCUT2D eigenvalue weighted by molar-refractivity contribution is -0.142. The van der Waals surface area contributed by atoms with Crippen molar-refractivity contribution in [1.29, 1.82) is 0 Å². The summed E-state index contributed by atoms with van der Waals surface area (Å²) in [5, 5.41) is 0. The standard InChI is InChI=1S/C21H23BrN2O3/c1-4-23(3)16-8-9-17-15(12-16)10-11-24(21(17)26)20-7-5-6-19(22)18(20)13-27-14(2)25/h5-9,12H,4,10-11,13H2,1-3H3. The summed E-state index contributed by atoms with van der Waals surface area (Å²) in [6, 6.07) is 11.7. The fourth-order valence-electron chi connectivity index (χ4n) is 3.24. The second-order valence-electron chi connectivity index (χ2n) is 6.58. The van der Waals surface area contributed by atoms with Gasteiger partial charge in [-0.05, 0) is 49.2 Å². The number of hydrogen-bond acceptors (Lipinski definition) is 4. The molecule has 2 aromatic rings. The zero-order chi connectivity index (χ0) is 19.6. The summed E-state index contributed by atoms with van der Waals surface area (Å²) in [5.41, 5.74) is 4.50. The Bertz CT molecular complexity index is 882. The van der Waals surface area contributed by atoms with Crippen LogP contribution >= 0.6 is 15.9 Å². The molecule has 2 aromatic carbocycles. The number of benzene rings is 2. The maximum absolute atomic E-state index is 13.2. The lowest BCUT2D eigenvalue weighted by Crippen LogP contribution is -2.38. The van der Waals surface area contributed by atoms with Crippen LogP contribution in [0.4, 0.5) is 11.4 Å². The summed E-state index contributed by atoms with van der Waals surface area (Å²) >= 11 is 3.51. The van der Waals surface area contributed by atoms with Gasteiger partial charge in [-0.25, -0.2) is 0 Å². The van der Waals surface area contributed by atoms with E-state index in [0.717, 1.165) is 45.5 Å². The molecule has 0 atom stereocenters. The smallest absolute Gasteiger partial charge is 0.302 e. The lowest BCUT2D eigenvalue weighted by atomic mass is 9.97. The summed E-state index contributed by atoms with van der Waals surface area (Å²) in [4.78, 5) is 28.3. The van der Waals surface area contributed by atoms with Crippen LogP contribution in [-0.4, -0.2) is 32.0 Å². The molecule has 142 valence electrons. The number of ether oxygens (including phenoxy) is 1. The van der Waals surface area contributed by atoms with E-state index in [1.165, 1.54) is 6.92 Å². The van der Waals surface area contributed by atoms with Crippen molar-refractivity contribution in [1.82, 2.24) is 0 Å². The second-order valence-corrected chi connectivity index (χ2v) is 7.43. The molecular formula is C21H23BrN2O3. The molecule has 5 nitrogen and oxygen atoms in total. The number of amides is 1. The number of hydrogen-bond donors (Lipinski definition) is 0. The largest absolute Gasteiger partial charge is 0.461 e. The van der Waals surface area contributed by atoms with Crippen molar-refractivity contribution in [3.8, 4) is 0 Å². The molecular weight excluding hydrogens is 408 g/mol. The Morgan fingerprint density at radius 2 is 2.07 bits per heavy atom. The zero-order valence-corrected chi connectivity index (χ0v) is 17.4. The predicted octanol–water partition coefficient (Wildman–Crippen LogP) is 4.17. The first kappa shape index (κ1) is 19.4. The molecule has 0 aromatic heterocycles. The first-order valence-corrected chi connectivity index (χ1v) is 9.78. The van der Waals surface area contributed by atoms with Crippen LogP contribution in [0.3, 0.4) is 0 Å². The molecule has 0 saturated carbocycles. The molecule has 6 heteroatoms. The minimum Gasteiger partial charge on any atom is -0.461 e. The molecule has 1 heterocycles. The molecule has 0 aliphatic carbocycles. The van der Waals surface area contributed by atoms with Gasteiger partial charge in [0.1, 0.15) is 6.61 Å². The van der Waals surface area contributed by atoms with Gasteiger partial charge in [0.05, 0.1) is 5.69 Å². The van der Waals surface area contributed by atoms with Gasteiger partial charge in [0.25, 0.3) is 5.91 Å². The second kappa shape index (κ2) is 8.13. The van der Waals surface area contributed by atoms with Crippen LogP contribution in [-0.2, 0) is 22.6 Å². The third kappa shape index (κ3) is 4.00. The van der Waals surface area contributed by atoms with Crippen molar-refractivity contribution in [3.63, 3.8) is 0 Å². The van der Waals surface area contributed by atoms with Crippen molar-refractivity contribution in [3.05, 3.63) is 57.6 Å². The van der Waals surface area contributed by atoms with Crippen LogP contribution in [0, 0.1) is 0 Å². The number of nitrogens with zero attached hydrogens (tertiary/aromatic N) is 2. The molecule has 0 N–H and O–H groups in total. The third-order valence-corrected chi connectivity index (χ3v) is 5.63. The van der Waals surface area contributed by atoms with E-state index in [4.69, 9.17) is 4.74 Å². The highest BCUT2D eigenvalue weighted by atomic mass is 79.9. The molecule has 0 fully saturated rings. The maximum Gasteiger partial charge on any atom is 0.302 e. The van der Waals surface area contributed by atoms with Crippen LogP contribution in [0.2, 0.25) is 0 Å². The highest BCUT2D eigenvalue weighted by molar-refractivity contribution is 9.10. The molecule has 1 aliphatic rings. The van der Waals surface area contributed by atoms with E-state index in [-0.39, 0.29) is 18.5 Å². The van der Waals surface area contributed by atoms with Crippen LogP contribution in [0.15, 0.2) is 40.9 Å². The highest BCUT2D eigenvalue weighted by Crippen LogP contribution is 2.33. The highest BCUT2D eigenvalue weighted by Gasteiger charge is 2.28. The number of rotatable bonds is 5. The van der Waals surface area contributed by atoms with E-state index in [9.17, 15) is 9.59 Å². The van der Waals surface area contributed by atoms with Gasteiger partial charge in [0, 0.05) is 48.3 Å². The van der Waals surface area contributed by atoms with Gasteiger partial charge in [0.15, 0.2) is 0 Å². The third-order valence-electron chi connectivity index (χ3n) is 4.89. The summed E-state index contributed by atoms with van der Waals surface area (Å²) in [6.07, 6.45) is 0.784. The molecule has 1 aliphatic heterocycles. The van der Waals surface area contributed by atoms with Crippen molar-refractivity contribution < 1.29 is 14.3 Å². The molecule has 3 rings (SSSR count). The number of carbonyl (C=O) groups is 2. The molecule has 1 amide bonds. The van der Waals surface area contributed by atoms with Crippen molar-refractivity contribution >= 4 is 39.2 Å². The van der Waals surface area contributed by atoms with E-state index in [1.54, 1.807) is 4.90 Å². The van der Waals surface area contributed by atoms with Crippen LogP contribution < -0.4 is 9.80 Å². The summed E-state index contributed by atoms with van der Waals surface area (Å²) in [5.74, 6) is -0.372. The predicted molar refractivity (Wildman–Crippen MR) is 110 cm³/mol. The lowest BCUT2D eigenvalue weighted by Gasteiger charge is -2.31. The van der Waals surface area contributed by atoms with Gasteiger partial charge in [-0.1, -0.05) is 22.0 Å². The topological polar surface area (TPSA) is 49.9 Å².